The average molecular weight is 313 g/mol. The Bertz CT molecular complexity index is 359. The van der Waals surface area contributed by atoms with Crippen LogP contribution in [0, 0.1) is 0 Å². The number of ether oxygens (including phenoxy) is 1. The molecular formula is C15H21BrO2. The highest BCUT2D eigenvalue weighted by molar-refractivity contribution is 9.10. The highest BCUT2D eigenvalue weighted by Gasteiger charge is 2.06. The van der Waals surface area contributed by atoms with E-state index < -0.39 is 0 Å². The first-order valence-corrected chi connectivity index (χ1v) is 7.33. The van der Waals surface area contributed by atoms with Crippen LogP contribution in [0.1, 0.15) is 49.9 Å². The maximum absolute atomic E-state index is 11.9. The van der Waals surface area contributed by atoms with E-state index >= 15 is 0 Å². The second-order valence-electron chi connectivity index (χ2n) is 4.50. The summed E-state index contributed by atoms with van der Waals surface area (Å²) in [5, 5.41) is 0. The lowest BCUT2D eigenvalue weighted by atomic mass is 10.1. The fourth-order valence-corrected chi connectivity index (χ4v) is 2.05. The van der Waals surface area contributed by atoms with Gasteiger partial charge in [0.25, 0.3) is 0 Å². The van der Waals surface area contributed by atoms with E-state index in [9.17, 15) is 4.79 Å². The molecule has 0 spiro atoms. The first kappa shape index (κ1) is 15.4. The van der Waals surface area contributed by atoms with Crippen LogP contribution in [0.5, 0.6) is 0 Å². The van der Waals surface area contributed by atoms with Crippen molar-refractivity contribution < 1.29 is 9.53 Å². The number of halogens is 1. The molecule has 0 aromatic heterocycles. The van der Waals surface area contributed by atoms with Crippen LogP contribution in [0.15, 0.2) is 28.7 Å². The van der Waals surface area contributed by atoms with Crippen LogP contribution in [0.4, 0.5) is 0 Å². The van der Waals surface area contributed by atoms with Gasteiger partial charge in [-0.15, -0.1) is 0 Å². The van der Waals surface area contributed by atoms with E-state index in [1.54, 1.807) is 0 Å². The summed E-state index contributed by atoms with van der Waals surface area (Å²) in [5.74, 6) is 0.189. The third kappa shape index (κ3) is 5.78. The zero-order chi connectivity index (χ0) is 13.4. The number of benzene rings is 1. The van der Waals surface area contributed by atoms with Gasteiger partial charge >= 0.3 is 0 Å². The van der Waals surface area contributed by atoms with Crippen molar-refractivity contribution in [2.75, 3.05) is 6.61 Å². The van der Waals surface area contributed by atoms with Crippen molar-refractivity contribution in [3.05, 3.63) is 34.3 Å². The summed E-state index contributed by atoms with van der Waals surface area (Å²) in [4.78, 5) is 11.9. The van der Waals surface area contributed by atoms with Crippen LogP contribution < -0.4 is 0 Å². The highest BCUT2D eigenvalue weighted by Crippen LogP contribution is 2.12. The van der Waals surface area contributed by atoms with Crippen LogP contribution in [0.2, 0.25) is 0 Å². The minimum Gasteiger partial charge on any atom is -0.378 e. The van der Waals surface area contributed by atoms with Gasteiger partial charge in [0.1, 0.15) is 0 Å². The molecule has 1 atom stereocenters. The van der Waals surface area contributed by atoms with E-state index in [1.165, 1.54) is 0 Å². The van der Waals surface area contributed by atoms with Crippen LogP contribution in [-0.2, 0) is 4.74 Å². The Balaban J connectivity index is 2.23. The van der Waals surface area contributed by atoms with E-state index in [4.69, 9.17) is 4.74 Å². The summed E-state index contributed by atoms with van der Waals surface area (Å²) >= 11 is 3.36. The van der Waals surface area contributed by atoms with Crippen LogP contribution in [-0.4, -0.2) is 18.5 Å². The molecule has 0 saturated carbocycles. The van der Waals surface area contributed by atoms with Gasteiger partial charge in [0.05, 0.1) is 6.10 Å². The smallest absolute Gasteiger partial charge is 0.162 e. The predicted molar refractivity (Wildman–Crippen MR) is 78.0 cm³/mol. The molecule has 0 heterocycles. The summed E-state index contributed by atoms with van der Waals surface area (Å²) in [6.07, 6.45) is 3.88. The van der Waals surface area contributed by atoms with Gasteiger partial charge in [-0.25, -0.2) is 0 Å². The Morgan fingerprint density at radius 2 is 2.00 bits per heavy atom. The van der Waals surface area contributed by atoms with E-state index in [1.807, 2.05) is 24.3 Å². The zero-order valence-electron chi connectivity index (χ0n) is 11.1. The number of rotatable bonds is 8. The molecule has 0 N–H and O–H groups in total. The molecule has 0 bridgehead atoms. The molecular weight excluding hydrogens is 292 g/mol. The van der Waals surface area contributed by atoms with E-state index in [-0.39, 0.29) is 5.78 Å². The monoisotopic (exact) mass is 312 g/mol. The molecule has 0 saturated heterocycles. The molecule has 0 fully saturated rings. The first-order chi connectivity index (χ1) is 8.63. The van der Waals surface area contributed by atoms with Crippen molar-refractivity contribution in [3.8, 4) is 0 Å². The molecule has 0 radical (unpaired) electrons. The molecule has 2 nitrogen and oxygen atoms in total. The Morgan fingerprint density at radius 1 is 1.33 bits per heavy atom. The molecule has 3 heteroatoms. The van der Waals surface area contributed by atoms with Gasteiger partial charge in [-0.3, -0.25) is 4.79 Å². The van der Waals surface area contributed by atoms with E-state index in [2.05, 4.69) is 29.8 Å². The second kappa shape index (κ2) is 8.44. The Morgan fingerprint density at radius 3 is 2.61 bits per heavy atom. The fraction of sp³-hybridized carbons (Fsp3) is 0.533. The molecule has 0 amide bonds. The number of Topliss-reactive ketones (excluding diaryl/α,β-unsaturated/α-hetero) is 1. The van der Waals surface area contributed by atoms with Crippen molar-refractivity contribution in [3.63, 3.8) is 0 Å². The van der Waals surface area contributed by atoms with Gasteiger partial charge in [-0.1, -0.05) is 41.4 Å². The Kier molecular flexibility index (Phi) is 7.21. The molecule has 100 valence electrons. The van der Waals surface area contributed by atoms with Gasteiger partial charge in [0.2, 0.25) is 0 Å². The number of hydrogen-bond donors (Lipinski definition) is 0. The van der Waals surface area contributed by atoms with Crippen molar-refractivity contribution in [1.82, 2.24) is 0 Å². The highest BCUT2D eigenvalue weighted by atomic mass is 79.9. The summed E-state index contributed by atoms with van der Waals surface area (Å²) in [6, 6.07) is 7.50. The van der Waals surface area contributed by atoms with Crippen LogP contribution in [0.25, 0.3) is 0 Å². The fourth-order valence-electron chi connectivity index (χ4n) is 1.79. The molecule has 0 aliphatic heterocycles. The standard InChI is InChI=1S/C15H21BrO2/c1-3-5-12(2)18-11-4-6-15(17)13-7-9-14(16)10-8-13/h7-10,12H,3-6,11H2,1-2H3. The number of hydrogen-bond acceptors (Lipinski definition) is 2. The maximum atomic E-state index is 11.9. The van der Waals surface area contributed by atoms with Crippen molar-refractivity contribution >= 4 is 21.7 Å². The topological polar surface area (TPSA) is 26.3 Å². The minimum atomic E-state index is 0.189. The van der Waals surface area contributed by atoms with Crippen molar-refractivity contribution in [1.29, 1.82) is 0 Å². The van der Waals surface area contributed by atoms with E-state index in [0.29, 0.717) is 19.1 Å². The van der Waals surface area contributed by atoms with Gasteiger partial charge in [0, 0.05) is 23.1 Å². The van der Waals surface area contributed by atoms with Crippen LogP contribution in [0.3, 0.4) is 0 Å². The van der Waals surface area contributed by atoms with Crippen LogP contribution >= 0.6 is 15.9 Å². The normalized spacial score (nSPS) is 12.4. The molecule has 1 aromatic carbocycles. The van der Waals surface area contributed by atoms with Gasteiger partial charge in [0.15, 0.2) is 5.78 Å². The zero-order valence-corrected chi connectivity index (χ0v) is 12.7. The lowest BCUT2D eigenvalue weighted by Crippen LogP contribution is -2.10. The molecule has 0 aliphatic rings. The minimum absolute atomic E-state index is 0.189. The maximum Gasteiger partial charge on any atom is 0.162 e. The largest absolute Gasteiger partial charge is 0.378 e. The quantitative estimate of drug-likeness (QED) is 0.517. The third-order valence-corrected chi connectivity index (χ3v) is 3.34. The molecule has 1 rings (SSSR count). The number of ketones is 1. The van der Waals surface area contributed by atoms with Crippen molar-refractivity contribution in [2.24, 2.45) is 0 Å². The van der Waals surface area contributed by atoms with Gasteiger partial charge in [-0.2, -0.15) is 0 Å². The first-order valence-electron chi connectivity index (χ1n) is 6.54. The Labute approximate surface area is 118 Å². The number of carbonyl (C=O) groups is 1. The van der Waals surface area contributed by atoms with Crippen molar-refractivity contribution in [2.45, 2.75) is 45.6 Å². The third-order valence-electron chi connectivity index (χ3n) is 2.81. The van der Waals surface area contributed by atoms with Gasteiger partial charge in [-0.05, 0) is 31.9 Å². The summed E-state index contributed by atoms with van der Waals surface area (Å²) in [7, 11) is 0. The summed E-state index contributed by atoms with van der Waals surface area (Å²) in [6.45, 7) is 4.90. The lowest BCUT2D eigenvalue weighted by Gasteiger charge is -2.11. The predicted octanol–water partition coefficient (Wildman–Crippen LogP) is 4.62. The Hall–Kier alpha value is -0.670. The molecule has 1 aromatic rings. The SMILES string of the molecule is CCCC(C)OCCCC(=O)c1ccc(Br)cc1. The summed E-state index contributed by atoms with van der Waals surface area (Å²) < 4.78 is 6.62. The van der Waals surface area contributed by atoms with Gasteiger partial charge < -0.3 is 4.74 Å². The molecule has 0 aliphatic carbocycles. The molecule has 18 heavy (non-hydrogen) atoms. The molecule has 1 unspecified atom stereocenters. The summed E-state index contributed by atoms with van der Waals surface area (Å²) in [5.41, 5.74) is 0.778. The average Bonchev–Trinajstić information content (AvgIpc) is 2.35. The number of carbonyl (C=O) groups excluding carboxylic acids is 1. The lowest BCUT2D eigenvalue weighted by molar-refractivity contribution is 0.0559. The van der Waals surface area contributed by atoms with E-state index in [0.717, 1.165) is 29.3 Å². The second-order valence-corrected chi connectivity index (χ2v) is 5.42.